The molecule has 0 fully saturated rings. The van der Waals surface area contributed by atoms with Gasteiger partial charge in [-0.25, -0.2) is 4.79 Å². The molecule has 0 saturated carbocycles. The molecule has 0 aliphatic carbocycles. The molecule has 2 heterocycles. The van der Waals surface area contributed by atoms with E-state index in [0.717, 1.165) is 11.2 Å². The van der Waals surface area contributed by atoms with E-state index in [1.54, 1.807) is 17.8 Å². The van der Waals surface area contributed by atoms with E-state index < -0.39 is 0 Å². The summed E-state index contributed by atoms with van der Waals surface area (Å²) < 4.78 is 1.56. The predicted molar refractivity (Wildman–Crippen MR) is 37.9 cm³/mol. The van der Waals surface area contributed by atoms with Crippen LogP contribution in [0, 0.1) is 0 Å². The van der Waals surface area contributed by atoms with Crippen LogP contribution in [0.5, 0.6) is 0 Å². The number of rotatable bonds is 0. The van der Waals surface area contributed by atoms with E-state index in [9.17, 15) is 4.79 Å². The highest BCUT2D eigenvalue weighted by atomic mass is 16.1. The molecule has 2 N–H and O–H groups in total. The first kappa shape index (κ1) is 5.34. The third kappa shape index (κ3) is 0.478. The van der Waals surface area contributed by atoms with Crippen LogP contribution in [0.4, 0.5) is 0 Å². The van der Waals surface area contributed by atoms with E-state index in [-0.39, 0.29) is 5.69 Å². The minimum absolute atomic E-state index is 0.0816. The van der Waals surface area contributed by atoms with Crippen LogP contribution in [0.3, 0.4) is 0 Å². The molecule has 2 aromatic heterocycles. The third-order valence-corrected chi connectivity index (χ3v) is 1.62. The van der Waals surface area contributed by atoms with Gasteiger partial charge in [0.25, 0.3) is 0 Å². The maximum atomic E-state index is 10.9. The number of hydrogen-bond acceptors (Lipinski definition) is 1. The van der Waals surface area contributed by atoms with Crippen LogP contribution in [0.1, 0.15) is 0 Å². The molecule has 0 spiro atoms. The van der Waals surface area contributed by atoms with Crippen LogP contribution in [-0.4, -0.2) is 14.5 Å². The van der Waals surface area contributed by atoms with Gasteiger partial charge in [-0.05, 0) is 6.07 Å². The second kappa shape index (κ2) is 1.53. The minimum atomic E-state index is -0.0816. The number of aromatic amines is 2. The Morgan fingerprint density at radius 1 is 1.60 bits per heavy atom. The molecule has 0 atom stereocenters. The summed E-state index contributed by atoms with van der Waals surface area (Å²) in [7, 11) is 1.73. The van der Waals surface area contributed by atoms with Crippen molar-refractivity contribution in [1.82, 2.24) is 14.5 Å². The zero-order chi connectivity index (χ0) is 7.14. The third-order valence-electron chi connectivity index (χ3n) is 1.62. The lowest BCUT2D eigenvalue weighted by Crippen LogP contribution is -2.11. The standard InChI is InChI=1S/C6H7N3O/c1-9-4-2-3-7-5(4)8-6(9)10/h2-3,7H,1H3,(H,8,10). The number of imidazole rings is 1. The highest BCUT2D eigenvalue weighted by Gasteiger charge is 2.00. The van der Waals surface area contributed by atoms with Crippen LogP contribution in [0.25, 0.3) is 11.2 Å². The SMILES string of the molecule is Cn1c(=O)[nH]c2[nH]ccc21. The summed E-state index contributed by atoms with van der Waals surface area (Å²) in [6.45, 7) is 0. The summed E-state index contributed by atoms with van der Waals surface area (Å²) >= 11 is 0. The molecule has 4 nitrogen and oxygen atoms in total. The number of aromatic nitrogens is 3. The maximum absolute atomic E-state index is 10.9. The minimum Gasteiger partial charge on any atom is -0.346 e. The van der Waals surface area contributed by atoms with Gasteiger partial charge < -0.3 is 4.98 Å². The van der Waals surface area contributed by atoms with Crippen molar-refractivity contribution in [3.8, 4) is 0 Å². The molecule has 0 saturated heterocycles. The number of fused-ring (bicyclic) bond motifs is 1. The number of H-pyrrole nitrogens is 2. The lowest BCUT2D eigenvalue weighted by atomic mass is 10.6. The number of nitrogens with zero attached hydrogens (tertiary/aromatic N) is 1. The Bertz CT molecular complexity index is 406. The summed E-state index contributed by atoms with van der Waals surface area (Å²) in [5.74, 6) is 0. The summed E-state index contributed by atoms with van der Waals surface area (Å²) in [6, 6.07) is 1.85. The van der Waals surface area contributed by atoms with Crippen molar-refractivity contribution in [2.75, 3.05) is 0 Å². The topological polar surface area (TPSA) is 53.6 Å². The lowest BCUT2D eigenvalue weighted by Gasteiger charge is -1.82. The van der Waals surface area contributed by atoms with Crippen molar-refractivity contribution in [2.24, 2.45) is 7.05 Å². The van der Waals surface area contributed by atoms with Crippen molar-refractivity contribution in [3.05, 3.63) is 22.7 Å². The quantitative estimate of drug-likeness (QED) is 0.535. The Balaban J connectivity index is 3.09. The van der Waals surface area contributed by atoms with Gasteiger partial charge in [-0.2, -0.15) is 0 Å². The van der Waals surface area contributed by atoms with Crippen LogP contribution in [-0.2, 0) is 7.05 Å². The van der Waals surface area contributed by atoms with Crippen LogP contribution >= 0.6 is 0 Å². The van der Waals surface area contributed by atoms with E-state index in [4.69, 9.17) is 0 Å². The van der Waals surface area contributed by atoms with Gasteiger partial charge in [0.2, 0.25) is 0 Å². The van der Waals surface area contributed by atoms with Gasteiger partial charge in [0.1, 0.15) is 5.65 Å². The fourth-order valence-corrected chi connectivity index (χ4v) is 1.04. The van der Waals surface area contributed by atoms with Crippen molar-refractivity contribution in [2.45, 2.75) is 0 Å². The normalized spacial score (nSPS) is 10.9. The second-order valence-electron chi connectivity index (χ2n) is 2.23. The Morgan fingerprint density at radius 3 is 3.10 bits per heavy atom. The zero-order valence-corrected chi connectivity index (χ0v) is 5.51. The zero-order valence-electron chi connectivity index (χ0n) is 5.51. The van der Waals surface area contributed by atoms with Gasteiger partial charge in [-0.3, -0.25) is 9.55 Å². The highest BCUT2D eigenvalue weighted by Crippen LogP contribution is 2.03. The molecule has 0 aromatic carbocycles. The molecule has 0 radical (unpaired) electrons. The van der Waals surface area contributed by atoms with Crippen molar-refractivity contribution in [3.63, 3.8) is 0 Å². The molecule has 2 rings (SSSR count). The average Bonchev–Trinajstić information content (AvgIpc) is 2.41. The monoisotopic (exact) mass is 137 g/mol. The first-order valence-corrected chi connectivity index (χ1v) is 3.01. The summed E-state index contributed by atoms with van der Waals surface area (Å²) in [5, 5.41) is 0. The summed E-state index contributed by atoms with van der Waals surface area (Å²) in [4.78, 5) is 16.5. The van der Waals surface area contributed by atoms with E-state index in [0.29, 0.717) is 0 Å². The fourth-order valence-electron chi connectivity index (χ4n) is 1.04. The molecule has 52 valence electrons. The molecule has 10 heavy (non-hydrogen) atoms. The molecule has 4 heteroatoms. The van der Waals surface area contributed by atoms with Gasteiger partial charge in [0, 0.05) is 13.2 Å². The smallest absolute Gasteiger partial charge is 0.327 e. The van der Waals surface area contributed by atoms with E-state index in [1.807, 2.05) is 6.07 Å². The Morgan fingerprint density at radius 2 is 2.40 bits per heavy atom. The molecule has 0 amide bonds. The van der Waals surface area contributed by atoms with Crippen molar-refractivity contribution in [1.29, 1.82) is 0 Å². The van der Waals surface area contributed by atoms with Gasteiger partial charge >= 0.3 is 5.69 Å². The van der Waals surface area contributed by atoms with Crippen LogP contribution in [0.15, 0.2) is 17.1 Å². The van der Waals surface area contributed by atoms with Gasteiger partial charge in [0.05, 0.1) is 5.52 Å². The van der Waals surface area contributed by atoms with E-state index >= 15 is 0 Å². The fraction of sp³-hybridized carbons (Fsp3) is 0.167. The summed E-state index contributed by atoms with van der Waals surface area (Å²) in [6.07, 6.45) is 1.79. The van der Waals surface area contributed by atoms with Crippen molar-refractivity contribution >= 4 is 11.2 Å². The molecule has 0 bridgehead atoms. The first-order chi connectivity index (χ1) is 4.79. The van der Waals surface area contributed by atoms with Crippen LogP contribution < -0.4 is 5.69 Å². The highest BCUT2D eigenvalue weighted by molar-refractivity contribution is 5.70. The Labute approximate surface area is 56.5 Å². The number of nitrogens with one attached hydrogen (secondary N) is 2. The van der Waals surface area contributed by atoms with E-state index in [1.165, 1.54) is 0 Å². The average molecular weight is 137 g/mol. The predicted octanol–water partition coefficient (Wildman–Crippen LogP) is 0.195. The van der Waals surface area contributed by atoms with Gasteiger partial charge in [-0.15, -0.1) is 0 Å². The Hall–Kier alpha value is -1.45. The van der Waals surface area contributed by atoms with Crippen LogP contribution in [0.2, 0.25) is 0 Å². The summed E-state index contributed by atoms with van der Waals surface area (Å²) in [5.41, 5.74) is 1.61. The second-order valence-corrected chi connectivity index (χ2v) is 2.23. The largest absolute Gasteiger partial charge is 0.346 e. The maximum Gasteiger partial charge on any atom is 0.327 e. The Kier molecular flexibility index (Phi) is 0.818. The first-order valence-electron chi connectivity index (χ1n) is 3.01. The van der Waals surface area contributed by atoms with Gasteiger partial charge in [-0.1, -0.05) is 0 Å². The van der Waals surface area contributed by atoms with Crippen molar-refractivity contribution < 1.29 is 0 Å². The van der Waals surface area contributed by atoms with Gasteiger partial charge in [0.15, 0.2) is 0 Å². The molecule has 0 aliphatic rings. The molecule has 0 unspecified atom stereocenters. The molecular weight excluding hydrogens is 130 g/mol. The number of aryl methyl sites for hydroxylation is 1. The number of hydrogen-bond donors (Lipinski definition) is 2. The lowest BCUT2D eigenvalue weighted by molar-refractivity contribution is 0.890. The van der Waals surface area contributed by atoms with E-state index in [2.05, 4.69) is 9.97 Å². The molecule has 2 aromatic rings. The molecular formula is C6H7N3O. The molecule has 0 aliphatic heterocycles.